The predicted molar refractivity (Wildman–Crippen MR) is 80.4 cm³/mol. The van der Waals surface area contributed by atoms with Crippen molar-refractivity contribution in [2.24, 2.45) is 5.92 Å². The molecular weight excluding hydrogens is 254 g/mol. The molecule has 0 radical (unpaired) electrons. The lowest BCUT2D eigenvalue weighted by molar-refractivity contribution is -0.131. The third kappa shape index (κ3) is 5.12. The van der Waals surface area contributed by atoms with Crippen molar-refractivity contribution in [2.45, 2.75) is 52.5 Å². The number of piperidine rings is 1. The molecule has 1 aliphatic rings. The molecule has 0 bridgehead atoms. The Balaban J connectivity index is 2.27. The van der Waals surface area contributed by atoms with Crippen molar-refractivity contribution in [3.8, 4) is 0 Å². The molecule has 1 aliphatic heterocycles. The summed E-state index contributed by atoms with van der Waals surface area (Å²) in [6.07, 6.45) is 3.58. The van der Waals surface area contributed by atoms with Crippen LogP contribution in [-0.2, 0) is 9.59 Å². The van der Waals surface area contributed by atoms with Crippen LogP contribution >= 0.6 is 0 Å². The van der Waals surface area contributed by atoms with Crippen LogP contribution in [0.2, 0.25) is 0 Å². The molecule has 116 valence electrons. The van der Waals surface area contributed by atoms with Gasteiger partial charge in [0.1, 0.15) is 0 Å². The fourth-order valence-electron chi connectivity index (χ4n) is 2.72. The molecule has 0 saturated carbocycles. The number of amides is 2. The Kier molecular flexibility index (Phi) is 7.59. The van der Waals surface area contributed by atoms with Gasteiger partial charge in [-0.05, 0) is 39.2 Å². The van der Waals surface area contributed by atoms with Crippen LogP contribution in [0.15, 0.2) is 0 Å². The number of carbonyl (C=O) groups is 2. The van der Waals surface area contributed by atoms with Gasteiger partial charge < -0.3 is 15.5 Å². The summed E-state index contributed by atoms with van der Waals surface area (Å²) in [7, 11) is 0. The van der Waals surface area contributed by atoms with Crippen molar-refractivity contribution < 1.29 is 9.59 Å². The second kappa shape index (κ2) is 8.95. The number of rotatable bonds is 7. The maximum Gasteiger partial charge on any atom is 0.237 e. The van der Waals surface area contributed by atoms with Gasteiger partial charge in [0.2, 0.25) is 11.8 Å². The third-order valence-corrected chi connectivity index (χ3v) is 4.16. The Morgan fingerprint density at radius 2 is 1.95 bits per heavy atom. The van der Waals surface area contributed by atoms with Crippen molar-refractivity contribution >= 4 is 11.8 Å². The predicted octanol–water partition coefficient (Wildman–Crippen LogP) is 1.14. The summed E-state index contributed by atoms with van der Waals surface area (Å²) in [6, 6.07) is -0.0859. The average Bonchev–Trinajstić information content (AvgIpc) is 2.48. The van der Waals surface area contributed by atoms with Crippen molar-refractivity contribution in [3.05, 3.63) is 0 Å². The summed E-state index contributed by atoms with van der Waals surface area (Å²) in [5, 5.41) is 6.14. The monoisotopic (exact) mass is 283 g/mol. The molecule has 5 heteroatoms. The van der Waals surface area contributed by atoms with Gasteiger partial charge in [-0.2, -0.15) is 0 Å². The standard InChI is InChI=1S/C15H29N3O2/c1-4-12-7-9-16-13(11-12)15(20)17-10-8-14(19)18(5-2)6-3/h12-13,16H,4-11H2,1-3H3,(H,17,20). The smallest absolute Gasteiger partial charge is 0.237 e. The molecule has 2 atom stereocenters. The highest BCUT2D eigenvalue weighted by atomic mass is 16.2. The minimum atomic E-state index is -0.0859. The highest BCUT2D eigenvalue weighted by Gasteiger charge is 2.25. The van der Waals surface area contributed by atoms with Crippen molar-refractivity contribution in [2.75, 3.05) is 26.2 Å². The van der Waals surface area contributed by atoms with E-state index in [-0.39, 0.29) is 17.9 Å². The molecule has 0 aromatic rings. The number of nitrogens with one attached hydrogen (secondary N) is 2. The molecule has 1 heterocycles. The molecule has 1 fully saturated rings. The Labute approximate surface area is 122 Å². The highest BCUT2D eigenvalue weighted by Crippen LogP contribution is 2.19. The lowest BCUT2D eigenvalue weighted by atomic mass is 9.90. The third-order valence-electron chi connectivity index (χ3n) is 4.16. The van der Waals surface area contributed by atoms with E-state index in [1.807, 2.05) is 13.8 Å². The largest absolute Gasteiger partial charge is 0.354 e. The number of hydrogen-bond acceptors (Lipinski definition) is 3. The van der Waals surface area contributed by atoms with Crippen LogP contribution in [0, 0.1) is 5.92 Å². The van der Waals surface area contributed by atoms with Crippen LogP contribution in [-0.4, -0.2) is 48.9 Å². The minimum Gasteiger partial charge on any atom is -0.354 e. The van der Waals surface area contributed by atoms with Gasteiger partial charge in [-0.3, -0.25) is 9.59 Å². The van der Waals surface area contributed by atoms with Gasteiger partial charge in [0.15, 0.2) is 0 Å². The summed E-state index contributed by atoms with van der Waals surface area (Å²) in [4.78, 5) is 25.7. The molecule has 0 aromatic heterocycles. The molecule has 0 spiro atoms. The zero-order valence-electron chi connectivity index (χ0n) is 13.1. The molecule has 0 aliphatic carbocycles. The van der Waals surface area contributed by atoms with Crippen LogP contribution in [0.3, 0.4) is 0 Å². The van der Waals surface area contributed by atoms with Gasteiger partial charge in [0, 0.05) is 26.1 Å². The summed E-state index contributed by atoms with van der Waals surface area (Å²) in [5.41, 5.74) is 0. The van der Waals surface area contributed by atoms with Crippen molar-refractivity contribution in [1.82, 2.24) is 15.5 Å². The van der Waals surface area contributed by atoms with Gasteiger partial charge in [-0.25, -0.2) is 0 Å². The molecule has 20 heavy (non-hydrogen) atoms. The van der Waals surface area contributed by atoms with E-state index < -0.39 is 0 Å². The maximum absolute atomic E-state index is 12.1. The first-order valence-corrected chi connectivity index (χ1v) is 7.91. The summed E-state index contributed by atoms with van der Waals surface area (Å²) in [5.74, 6) is 0.790. The summed E-state index contributed by atoms with van der Waals surface area (Å²) >= 11 is 0. The lowest BCUT2D eigenvalue weighted by Crippen LogP contribution is -2.49. The van der Waals surface area contributed by atoms with Gasteiger partial charge in [-0.1, -0.05) is 13.3 Å². The van der Waals surface area contributed by atoms with Crippen molar-refractivity contribution in [1.29, 1.82) is 0 Å². The SMILES string of the molecule is CCC1CCNC(C(=O)NCCC(=O)N(CC)CC)C1. The number of hydrogen-bond donors (Lipinski definition) is 2. The molecule has 1 saturated heterocycles. The van der Waals surface area contributed by atoms with Gasteiger partial charge in [0.25, 0.3) is 0 Å². The molecule has 1 rings (SSSR count). The normalized spacial score (nSPS) is 22.4. The highest BCUT2D eigenvalue weighted by molar-refractivity contribution is 5.83. The van der Waals surface area contributed by atoms with E-state index in [0.717, 1.165) is 38.9 Å². The quantitative estimate of drug-likeness (QED) is 0.736. The molecule has 2 amide bonds. The van der Waals surface area contributed by atoms with E-state index in [1.54, 1.807) is 4.90 Å². The van der Waals surface area contributed by atoms with E-state index in [1.165, 1.54) is 0 Å². The Morgan fingerprint density at radius 3 is 2.55 bits per heavy atom. The second-order valence-electron chi connectivity index (χ2n) is 5.41. The van der Waals surface area contributed by atoms with Crippen molar-refractivity contribution in [3.63, 3.8) is 0 Å². The second-order valence-corrected chi connectivity index (χ2v) is 5.41. The first-order valence-electron chi connectivity index (χ1n) is 7.91. The van der Waals surface area contributed by atoms with Crippen LogP contribution in [0.25, 0.3) is 0 Å². The molecule has 5 nitrogen and oxygen atoms in total. The number of nitrogens with zero attached hydrogens (tertiary/aromatic N) is 1. The lowest BCUT2D eigenvalue weighted by Gasteiger charge is -2.28. The fourth-order valence-corrected chi connectivity index (χ4v) is 2.72. The van der Waals surface area contributed by atoms with Gasteiger partial charge >= 0.3 is 0 Å². The van der Waals surface area contributed by atoms with E-state index in [4.69, 9.17) is 0 Å². The van der Waals surface area contributed by atoms with Crippen LogP contribution in [0.4, 0.5) is 0 Å². The molecule has 0 aromatic carbocycles. The molecular formula is C15H29N3O2. The van der Waals surface area contributed by atoms with Crippen LogP contribution in [0.1, 0.15) is 46.5 Å². The maximum atomic E-state index is 12.1. The Bertz CT molecular complexity index is 316. The Hall–Kier alpha value is -1.10. The van der Waals surface area contributed by atoms with E-state index in [2.05, 4.69) is 17.6 Å². The minimum absolute atomic E-state index is 0.0375. The van der Waals surface area contributed by atoms with E-state index >= 15 is 0 Å². The fraction of sp³-hybridized carbons (Fsp3) is 0.867. The number of carbonyl (C=O) groups excluding carboxylic acids is 2. The zero-order chi connectivity index (χ0) is 15.0. The Morgan fingerprint density at radius 1 is 1.25 bits per heavy atom. The average molecular weight is 283 g/mol. The van der Waals surface area contributed by atoms with E-state index in [9.17, 15) is 9.59 Å². The van der Waals surface area contributed by atoms with Gasteiger partial charge in [-0.15, -0.1) is 0 Å². The van der Waals surface area contributed by atoms with Crippen LogP contribution in [0.5, 0.6) is 0 Å². The van der Waals surface area contributed by atoms with Gasteiger partial charge in [0.05, 0.1) is 6.04 Å². The molecule has 2 unspecified atom stereocenters. The van der Waals surface area contributed by atoms with Crippen LogP contribution < -0.4 is 10.6 Å². The first-order chi connectivity index (χ1) is 9.62. The topological polar surface area (TPSA) is 61.4 Å². The summed E-state index contributed by atoms with van der Waals surface area (Å²) < 4.78 is 0. The zero-order valence-corrected chi connectivity index (χ0v) is 13.1. The summed E-state index contributed by atoms with van der Waals surface area (Å²) in [6.45, 7) is 8.91. The molecule has 2 N–H and O–H groups in total. The first kappa shape index (κ1) is 17.0. The van der Waals surface area contributed by atoms with E-state index in [0.29, 0.717) is 18.9 Å².